The van der Waals surface area contributed by atoms with Crippen LogP contribution >= 0.6 is 0 Å². The standard InChI is InChI=1S/C16H19FN2O2/c17-11-5-7-13(8-6-11)19-14(9-10-15(19)20)16(21)18-12-3-1-2-4-12/h5-8,12,14H,1-4,9-10H2,(H,18,21). The normalized spacial score (nSPS) is 22.8. The summed E-state index contributed by atoms with van der Waals surface area (Å²) in [5, 5.41) is 3.05. The average molecular weight is 290 g/mol. The van der Waals surface area contributed by atoms with E-state index in [9.17, 15) is 14.0 Å². The number of hydrogen-bond donors (Lipinski definition) is 1. The molecule has 0 radical (unpaired) electrons. The van der Waals surface area contributed by atoms with Crippen LogP contribution in [0.15, 0.2) is 24.3 Å². The Balaban J connectivity index is 1.75. The first-order valence-corrected chi connectivity index (χ1v) is 7.53. The molecule has 1 N–H and O–H groups in total. The number of nitrogens with one attached hydrogen (secondary N) is 1. The summed E-state index contributed by atoms with van der Waals surface area (Å²) in [5.41, 5.74) is 0.588. The van der Waals surface area contributed by atoms with E-state index in [1.54, 1.807) is 12.1 Å². The third kappa shape index (κ3) is 2.91. The van der Waals surface area contributed by atoms with Crippen LogP contribution in [-0.2, 0) is 9.59 Å². The molecule has 5 heteroatoms. The van der Waals surface area contributed by atoms with Crippen LogP contribution in [0.5, 0.6) is 0 Å². The number of nitrogens with zero attached hydrogens (tertiary/aromatic N) is 1. The summed E-state index contributed by atoms with van der Waals surface area (Å²) in [4.78, 5) is 26.0. The average Bonchev–Trinajstić information content (AvgIpc) is 3.09. The number of benzene rings is 1. The van der Waals surface area contributed by atoms with Gasteiger partial charge in [-0.05, 0) is 43.5 Å². The highest BCUT2D eigenvalue weighted by molar-refractivity contribution is 6.03. The Morgan fingerprint density at radius 3 is 2.48 bits per heavy atom. The van der Waals surface area contributed by atoms with Crippen LogP contribution in [-0.4, -0.2) is 23.9 Å². The van der Waals surface area contributed by atoms with E-state index in [4.69, 9.17) is 0 Å². The summed E-state index contributed by atoms with van der Waals surface area (Å²) in [7, 11) is 0. The predicted octanol–water partition coefficient (Wildman–Crippen LogP) is 2.38. The van der Waals surface area contributed by atoms with Gasteiger partial charge < -0.3 is 5.32 Å². The van der Waals surface area contributed by atoms with Crippen molar-refractivity contribution in [3.8, 4) is 0 Å². The van der Waals surface area contributed by atoms with Gasteiger partial charge in [-0.1, -0.05) is 12.8 Å². The molecular formula is C16H19FN2O2. The molecule has 1 aliphatic heterocycles. The van der Waals surface area contributed by atoms with Crippen LogP contribution in [0.25, 0.3) is 0 Å². The predicted molar refractivity (Wildman–Crippen MR) is 77.3 cm³/mol. The number of hydrogen-bond acceptors (Lipinski definition) is 2. The Morgan fingerprint density at radius 1 is 1.14 bits per heavy atom. The first-order chi connectivity index (χ1) is 10.1. The molecule has 3 rings (SSSR count). The number of carbonyl (C=O) groups excluding carboxylic acids is 2. The van der Waals surface area contributed by atoms with Crippen molar-refractivity contribution in [1.29, 1.82) is 0 Å². The summed E-state index contributed by atoms with van der Waals surface area (Å²) in [6.45, 7) is 0. The highest BCUT2D eigenvalue weighted by Gasteiger charge is 2.37. The molecule has 2 fully saturated rings. The van der Waals surface area contributed by atoms with Gasteiger partial charge in [0, 0.05) is 18.2 Å². The van der Waals surface area contributed by atoms with Gasteiger partial charge in [-0.2, -0.15) is 0 Å². The van der Waals surface area contributed by atoms with Crippen molar-refractivity contribution in [3.05, 3.63) is 30.1 Å². The number of halogens is 1. The van der Waals surface area contributed by atoms with Crippen LogP contribution in [0.4, 0.5) is 10.1 Å². The fourth-order valence-corrected chi connectivity index (χ4v) is 3.23. The second kappa shape index (κ2) is 5.84. The minimum Gasteiger partial charge on any atom is -0.352 e. The van der Waals surface area contributed by atoms with Crippen LogP contribution in [0, 0.1) is 5.82 Å². The van der Waals surface area contributed by atoms with Crippen LogP contribution < -0.4 is 10.2 Å². The summed E-state index contributed by atoms with van der Waals surface area (Å²) >= 11 is 0. The molecule has 1 heterocycles. The second-order valence-electron chi connectivity index (χ2n) is 5.78. The Morgan fingerprint density at radius 2 is 1.81 bits per heavy atom. The fourth-order valence-electron chi connectivity index (χ4n) is 3.23. The zero-order chi connectivity index (χ0) is 14.8. The molecule has 0 bridgehead atoms. The minimum absolute atomic E-state index is 0.0758. The summed E-state index contributed by atoms with van der Waals surface area (Å²) in [5.74, 6) is -0.511. The van der Waals surface area contributed by atoms with Gasteiger partial charge in [-0.15, -0.1) is 0 Å². The minimum atomic E-state index is -0.469. The molecule has 1 atom stereocenters. The van der Waals surface area contributed by atoms with Crippen molar-refractivity contribution in [2.75, 3.05) is 4.90 Å². The first kappa shape index (κ1) is 14.0. The lowest BCUT2D eigenvalue weighted by molar-refractivity contribution is -0.124. The maximum atomic E-state index is 13.0. The highest BCUT2D eigenvalue weighted by atomic mass is 19.1. The number of carbonyl (C=O) groups is 2. The lowest BCUT2D eigenvalue weighted by Crippen LogP contribution is -2.47. The Bertz CT molecular complexity index is 538. The molecular weight excluding hydrogens is 271 g/mol. The number of amides is 2. The van der Waals surface area contributed by atoms with E-state index in [2.05, 4.69) is 5.32 Å². The Hall–Kier alpha value is -1.91. The third-order valence-corrected chi connectivity index (χ3v) is 4.32. The van der Waals surface area contributed by atoms with Gasteiger partial charge >= 0.3 is 0 Å². The van der Waals surface area contributed by atoms with E-state index in [1.807, 2.05) is 0 Å². The van der Waals surface area contributed by atoms with E-state index in [0.29, 0.717) is 18.5 Å². The summed E-state index contributed by atoms with van der Waals surface area (Å²) in [6, 6.07) is 5.49. The second-order valence-corrected chi connectivity index (χ2v) is 5.78. The summed E-state index contributed by atoms with van der Waals surface area (Å²) < 4.78 is 13.0. The van der Waals surface area contributed by atoms with Crippen molar-refractivity contribution in [2.24, 2.45) is 0 Å². The van der Waals surface area contributed by atoms with E-state index in [-0.39, 0.29) is 23.7 Å². The molecule has 21 heavy (non-hydrogen) atoms. The Kier molecular flexibility index (Phi) is 3.90. The van der Waals surface area contributed by atoms with Gasteiger partial charge in [0.25, 0.3) is 0 Å². The molecule has 1 aliphatic carbocycles. The first-order valence-electron chi connectivity index (χ1n) is 7.53. The van der Waals surface area contributed by atoms with E-state index in [0.717, 1.165) is 25.7 Å². The van der Waals surface area contributed by atoms with Crippen molar-refractivity contribution >= 4 is 17.5 Å². The lowest BCUT2D eigenvalue weighted by Gasteiger charge is -2.25. The van der Waals surface area contributed by atoms with Gasteiger partial charge in [-0.3, -0.25) is 14.5 Å². The maximum absolute atomic E-state index is 13.0. The van der Waals surface area contributed by atoms with Gasteiger partial charge in [0.1, 0.15) is 11.9 Å². The quantitative estimate of drug-likeness (QED) is 0.929. The molecule has 4 nitrogen and oxygen atoms in total. The van der Waals surface area contributed by atoms with Gasteiger partial charge in [0.05, 0.1) is 0 Å². The molecule has 2 amide bonds. The van der Waals surface area contributed by atoms with Gasteiger partial charge in [0.2, 0.25) is 11.8 Å². The Labute approximate surface area is 123 Å². The number of anilines is 1. The van der Waals surface area contributed by atoms with Crippen LogP contribution in [0.3, 0.4) is 0 Å². The van der Waals surface area contributed by atoms with Crippen LogP contribution in [0.1, 0.15) is 38.5 Å². The fraction of sp³-hybridized carbons (Fsp3) is 0.500. The van der Waals surface area contributed by atoms with Crippen molar-refractivity contribution < 1.29 is 14.0 Å². The van der Waals surface area contributed by atoms with Gasteiger partial charge in [0.15, 0.2) is 0 Å². The van der Waals surface area contributed by atoms with Crippen LogP contribution in [0.2, 0.25) is 0 Å². The molecule has 1 saturated carbocycles. The zero-order valence-electron chi connectivity index (χ0n) is 11.8. The molecule has 0 spiro atoms. The van der Waals surface area contributed by atoms with Gasteiger partial charge in [-0.25, -0.2) is 4.39 Å². The van der Waals surface area contributed by atoms with Crippen molar-refractivity contribution in [1.82, 2.24) is 5.32 Å². The van der Waals surface area contributed by atoms with Crippen molar-refractivity contribution in [2.45, 2.75) is 50.6 Å². The number of rotatable bonds is 3. The van der Waals surface area contributed by atoms with E-state index in [1.165, 1.54) is 17.0 Å². The molecule has 1 unspecified atom stereocenters. The zero-order valence-corrected chi connectivity index (χ0v) is 11.8. The monoisotopic (exact) mass is 290 g/mol. The largest absolute Gasteiger partial charge is 0.352 e. The van der Waals surface area contributed by atoms with Crippen molar-refractivity contribution in [3.63, 3.8) is 0 Å². The summed E-state index contributed by atoms with van der Waals surface area (Å²) in [6.07, 6.45) is 5.22. The highest BCUT2D eigenvalue weighted by Crippen LogP contribution is 2.27. The lowest BCUT2D eigenvalue weighted by atomic mass is 10.1. The SMILES string of the molecule is O=C(NC1CCCC1)C1CCC(=O)N1c1ccc(F)cc1. The molecule has 2 aliphatic rings. The molecule has 1 aromatic carbocycles. The molecule has 112 valence electrons. The molecule has 1 aromatic rings. The molecule has 1 saturated heterocycles. The smallest absolute Gasteiger partial charge is 0.243 e. The van der Waals surface area contributed by atoms with E-state index >= 15 is 0 Å². The maximum Gasteiger partial charge on any atom is 0.243 e. The van der Waals surface area contributed by atoms with E-state index < -0.39 is 6.04 Å². The molecule has 0 aromatic heterocycles. The topological polar surface area (TPSA) is 49.4 Å². The third-order valence-electron chi connectivity index (χ3n) is 4.32.